The summed E-state index contributed by atoms with van der Waals surface area (Å²) in [6.07, 6.45) is 6.10. The number of imide groups is 1. The Bertz CT molecular complexity index is 248. The summed E-state index contributed by atoms with van der Waals surface area (Å²) in [5, 5.41) is 2.15. The number of carbonyl (C=O) groups excluding carboxylic acids is 2. The molecule has 0 aliphatic carbocycles. The van der Waals surface area contributed by atoms with E-state index in [1.54, 1.807) is 0 Å². The average molecular weight is 228 g/mol. The Labute approximate surface area is 96.4 Å². The van der Waals surface area contributed by atoms with Gasteiger partial charge < -0.3 is 10.6 Å². The van der Waals surface area contributed by atoms with E-state index in [0.717, 1.165) is 25.9 Å². The maximum atomic E-state index is 11.6. The Hall–Kier alpha value is -1.10. The molecule has 4 N–H and O–H groups in total. The maximum Gasteiger partial charge on any atom is 0.319 e. The van der Waals surface area contributed by atoms with Crippen molar-refractivity contribution in [3.05, 3.63) is 0 Å². The standard InChI is InChI=1S/C11H21N3O2/c1-9(10(15)13-11(12)16)14-7-5-3-2-4-6-8-14/h9H,2-8H2,1H3,(H3,12,13,15,16)/p+1/t9-/m0/s1. The normalized spacial score (nSPS) is 20.6. The Morgan fingerprint density at radius 1 is 1.12 bits per heavy atom. The molecule has 0 bridgehead atoms. The highest BCUT2D eigenvalue weighted by atomic mass is 16.2. The number of nitrogens with one attached hydrogen (secondary N) is 2. The largest absolute Gasteiger partial charge is 0.351 e. The molecule has 92 valence electrons. The lowest BCUT2D eigenvalue weighted by Gasteiger charge is -2.26. The van der Waals surface area contributed by atoms with Crippen LogP contribution in [0.4, 0.5) is 4.79 Å². The van der Waals surface area contributed by atoms with Crippen LogP contribution in [-0.2, 0) is 4.79 Å². The van der Waals surface area contributed by atoms with Crippen molar-refractivity contribution in [1.82, 2.24) is 5.32 Å². The first-order valence-electron chi connectivity index (χ1n) is 6.06. The van der Waals surface area contributed by atoms with Gasteiger partial charge in [0, 0.05) is 0 Å². The first kappa shape index (κ1) is 13.0. The molecular formula is C11H22N3O2+. The van der Waals surface area contributed by atoms with Crippen LogP contribution in [0, 0.1) is 0 Å². The van der Waals surface area contributed by atoms with E-state index in [4.69, 9.17) is 5.73 Å². The molecule has 0 spiro atoms. The highest BCUT2D eigenvalue weighted by Crippen LogP contribution is 2.03. The minimum Gasteiger partial charge on any atom is -0.351 e. The molecule has 0 aromatic rings. The molecule has 1 atom stereocenters. The summed E-state index contributed by atoms with van der Waals surface area (Å²) in [5.74, 6) is -0.261. The van der Waals surface area contributed by atoms with Gasteiger partial charge in [-0.1, -0.05) is 6.42 Å². The molecule has 0 saturated carbocycles. The Balaban J connectivity index is 2.46. The smallest absolute Gasteiger partial charge is 0.319 e. The zero-order valence-electron chi connectivity index (χ0n) is 9.92. The minimum absolute atomic E-state index is 0.189. The molecule has 3 amide bonds. The van der Waals surface area contributed by atoms with E-state index in [-0.39, 0.29) is 11.9 Å². The number of nitrogens with two attached hydrogens (primary N) is 1. The molecule has 1 rings (SSSR count). The fraction of sp³-hybridized carbons (Fsp3) is 0.818. The van der Waals surface area contributed by atoms with Crippen molar-refractivity contribution in [3.8, 4) is 0 Å². The number of rotatable bonds is 2. The number of quaternary nitrogens is 1. The van der Waals surface area contributed by atoms with Crippen LogP contribution in [-0.4, -0.2) is 31.1 Å². The summed E-state index contributed by atoms with van der Waals surface area (Å²) in [7, 11) is 0. The maximum absolute atomic E-state index is 11.6. The predicted octanol–water partition coefficient (Wildman–Crippen LogP) is -0.581. The number of urea groups is 1. The Morgan fingerprint density at radius 2 is 1.62 bits per heavy atom. The van der Waals surface area contributed by atoms with Gasteiger partial charge in [0.05, 0.1) is 13.1 Å². The van der Waals surface area contributed by atoms with Crippen molar-refractivity contribution in [2.75, 3.05) is 13.1 Å². The lowest BCUT2D eigenvalue weighted by atomic mass is 10.1. The third-order valence-electron chi connectivity index (χ3n) is 3.25. The van der Waals surface area contributed by atoms with Crippen LogP contribution in [0.2, 0.25) is 0 Å². The van der Waals surface area contributed by atoms with E-state index in [1.165, 1.54) is 24.2 Å². The van der Waals surface area contributed by atoms with Gasteiger partial charge in [-0.2, -0.15) is 0 Å². The quantitative estimate of drug-likeness (QED) is 0.591. The van der Waals surface area contributed by atoms with E-state index in [1.807, 2.05) is 6.92 Å². The average Bonchev–Trinajstić information content (AvgIpc) is 2.15. The van der Waals surface area contributed by atoms with Crippen molar-refractivity contribution in [1.29, 1.82) is 0 Å². The highest BCUT2D eigenvalue weighted by molar-refractivity contribution is 5.95. The first-order valence-corrected chi connectivity index (χ1v) is 6.06. The van der Waals surface area contributed by atoms with Crippen LogP contribution >= 0.6 is 0 Å². The van der Waals surface area contributed by atoms with Gasteiger partial charge in [0.1, 0.15) is 0 Å². The van der Waals surface area contributed by atoms with E-state index in [0.29, 0.717) is 0 Å². The van der Waals surface area contributed by atoms with Crippen LogP contribution in [0.15, 0.2) is 0 Å². The monoisotopic (exact) mass is 228 g/mol. The van der Waals surface area contributed by atoms with Crippen LogP contribution in [0.3, 0.4) is 0 Å². The molecule has 0 aromatic carbocycles. The van der Waals surface area contributed by atoms with Gasteiger partial charge in [-0.05, 0) is 32.6 Å². The predicted molar refractivity (Wildman–Crippen MR) is 61.0 cm³/mol. The van der Waals surface area contributed by atoms with E-state index >= 15 is 0 Å². The fourth-order valence-electron chi connectivity index (χ4n) is 2.21. The lowest BCUT2D eigenvalue weighted by molar-refractivity contribution is -0.915. The molecule has 5 heteroatoms. The van der Waals surface area contributed by atoms with E-state index < -0.39 is 6.03 Å². The SMILES string of the molecule is C[C@@H](C(=O)NC(N)=O)[NH+]1CCCCCCC1. The van der Waals surface area contributed by atoms with Crippen LogP contribution in [0.25, 0.3) is 0 Å². The number of hydrogen-bond acceptors (Lipinski definition) is 2. The lowest BCUT2D eigenvalue weighted by Crippen LogP contribution is -3.16. The summed E-state index contributed by atoms with van der Waals surface area (Å²) < 4.78 is 0. The summed E-state index contributed by atoms with van der Waals surface area (Å²) in [6.45, 7) is 3.87. The van der Waals surface area contributed by atoms with Crippen LogP contribution in [0.1, 0.15) is 39.0 Å². The number of carbonyl (C=O) groups is 2. The van der Waals surface area contributed by atoms with Gasteiger partial charge in [0.25, 0.3) is 5.91 Å². The van der Waals surface area contributed by atoms with Gasteiger partial charge in [-0.25, -0.2) is 4.79 Å². The minimum atomic E-state index is -0.761. The molecule has 1 saturated heterocycles. The summed E-state index contributed by atoms with van der Waals surface area (Å²) >= 11 is 0. The van der Waals surface area contributed by atoms with Crippen molar-refractivity contribution in [2.24, 2.45) is 5.73 Å². The summed E-state index contributed by atoms with van der Waals surface area (Å²) in [4.78, 5) is 23.5. The van der Waals surface area contributed by atoms with Gasteiger partial charge >= 0.3 is 6.03 Å². The van der Waals surface area contributed by atoms with Gasteiger partial charge in [0.15, 0.2) is 6.04 Å². The molecule has 0 aromatic heterocycles. The van der Waals surface area contributed by atoms with E-state index in [9.17, 15) is 9.59 Å². The summed E-state index contributed by atoms with van der Waals surface area (Å²) in [6, 6.07) is -0.950. The fourth-order valence-corrected chi connectivity index (χ4v) is 2.21. The molecule has 1 aliphatic rings. The van der Waals surface area contributed by atoms with E-state index in [2.05, 4.69) is 5.32 Å². The Morgan fingerprint density at radius 3 is 2.12 bits per heavy atom. The second kappa shape index (κ2) is 6.48. The number of hydrogen-bond donors (Lipinski definition) is 3. The third kappa shape index (κ3) is 4.18. The number of primary amides is 1. The molecule has 0 unspecified atom stereocenters. The summed E-state index contributed by atoms with van der Waals surface area (Å²) in [5.41, 5.74) is 4.94. The van der Waals surface area contributed by atoms with Crippen molar-refractivity contribution < 1.29 is 14.5 Å². The molecule has 0 radical (unpaired) electrons. The zero-order chi connectivity index (χ0) is 12.0. The molecule has 1 aliphatic heterocycles. The van der Waals surface area contributed by atoms with Crippen molar-refractivity contribution >= 4 is 11.9 Å². The van der Waals surface area contributed by atoms with Crippen molar-refractivity contribution in [3.63, 3.8) is 0 Å². The van der Waals surface area contributed by atoms with Gasteiger partial charge in [0.2, 0.25) is 0 Å². The number of likely N-dealkylation sites (tertiary alicyclic amines) is 1. The molecular weight excluding hydrogens is 206 g/mol. The molecule has 1 fully saturated rings. The zero-order valence-corrected chi connectivity index (χ0v) is 9.92. The number of amides is 3. The molecule has 1 heterocycles. The topological polar surface area (TPSA) is 76.6 Å². The first-order chi connectivity index (χ1) is 7.61. The molecule has 5 nitrogen and oxygen atoms in total. The highest BCUT2D eigenvalue weighted by Gasteiger charge is 2.25. The van der Waals surface area contributed by atoms with Crippen molar-refractivity contribution in [2.45, 2.75) is 45.1 Å². The van der Waals surface area contributed by atoms with Crippen LogP contribution < -0.4 is 16.0 Å². The second-order valence-electron chi connectivity index (χ2n) is 4.50. The van der Waals surface area contributed by atoms with Gasteiger partial charge in [-0.15, -0.1) is 0 Å². The van der Waals surface area contributed by atoms with Crippen LogP contribution in [0.5, 0.6) is 0 Å². The third-order valence-corrected chi connectivity index (χ3v) is 3.25. The Kier molecular flexibility index (Phi) is 5.25. The second-order valence-corrected chi connectivity index (χ2v) is 4.50. The molecule has 16 heavy (non-hydrogen) atoms. The van der Waals surface area contributed by atoms with Gasteiger partial charge in [-0.3, -0.25) is 10.1 Å².